The predicted molar refractivity (Wildman–Crippen MR) is 79.5 cm³/mol. The number of benzene rings is 1. The molecule has 0 amide bonds. The summed E-state index contributed by atoms with van der Waals surface area (Å²) in [4.78, 5) is 28.0. The molecule has 1 aromatic carbocycles. The molecule has 1 atom stereocenters. The van der Waals surface area contributed by atoms with E-state index in [9.17, 15) is 9.59 Å². The van der Waals surface area contributed by atoms with Crippen LogP contribution < -0.4 is 5.69 Å². The molecule has 1 fully saturated rings. The molecule has 2 aromatic rings. The first-order chi connectivity index (χ1) is 10.1. The van der Waals surface area contributed by atoms with Gasteiger partial charge in [-0.25, -0.2) is 4.79 Å². The number of aromatic nitrogens is 2. The van der Waals surface area contributed by atoms with E-state index in [0.717, 1.165) is 23.9 Å². The molecule has 1 saturated heterocycles. The summed E-state index contributed by atoms with van der Waals surface area (Å²) in [5.74, 6) is -0.794. The normalized spacial score (nSPS) is 18.9. The maximum absolute atomic E-state index is 12.2. The Hall–Kier alpha value is -2.08. The van der Waals surface area contributed by atoms with Crippen molar-refractivity contribution in [2.24, 2.45) is 0 Å². The second kappa shape index (κ2) is 5.37. The summed E-state index contributed by atoms with van der Waals surface area (Å²) in [6.07, 6.45) is 1.58. The maximum Gasteiger partial charge on any atom is 0.326 e. The highest BCUT2D eigenvalue weighted by atomic mass is 16.4. The Morgan fingerprint density at radius 3 is 2.67 bits per heavy atom. The van der Waals surface area contributed by atoms with Gasteiger partial charge in [-0.3, -0.25) is 14.3 Å². The number of nitrogens with zero attached hydrogens (tertiary/aromatic N) is 2. The molecule has 21 heavy (non-hydrogen) atoms. The van der Waals surface area contributed by atoms with Crippen molar-refractivity contribution in [1.29, 1.82) is 0 Å². The molecule has 6 heteroatoms. The van der Waals surface area contributed by atoms with Gasteiger partial charge in [-0.2, -0.15) is 0 Å². The fourth-order valence-electron chi connectivity index (χ4n) is 3.12. The first kappa shape index (κ1) is 13.9. The summed E-state index contributed by atoms with van der Waals surface area (Å²) in [6, 6.07) is 7.33. The third-order valence-corrected chi connectivity index (χ3v) is 4.39. The van der Waals surface area contributed by atoms with Gasteiger partial charge < -0.3 is 10.1 Å². The number of H-pyrrole nitrogens is 1. The van der Waals surface area contributed by atoms with Gasteiger partial charge in [-0.1, -0.05) is 12.1 Å². The number of imidazole rings is 1. The number of carbonyl (C=O) groups is 1. The van der Waals surface area contributed by atoms with Gasteiger partial charge in [-0.15, -0.1) is 0 Å². The van der Waals surface area contributed by atoms with E-state index >= 15 is 0 Å². The van der Waals surface area contributed by atoms with Crippen molar-refractivity contribution >= 4 is 17.0 Å². The Balaban J connectivity index is 1.82. The molecule has 0 radical (unpaired) electrons. The van der Waals surface area contributed by atoms with Gasteiger partial charge in [0.15, 0.2) is 0 Å². The molecule has 112 valence electrons. The molecule has 0 bridgehead atoms. The summed E-state index contributed by atoms with van der Waals surface area (Å²) in [5, 5.41) is 9.07. The van der Waals surface area contributed by atoms with Crippen molar-refractivity contribution in [3.05, 3.63) is 34.7 Å². The lowest BCUT2D eigenvalue weighted by molar-refractivity contribution is -0.143. The van der Waals surface area contributed by atoms with E-state index in [-0.39, 0.29) is 11.7 Å². The quantitative estimate of drug-likeness (QED) is 0.896. The molecular weight excluding hydrogens is 270 g/mol. The highest BCUT2D eigenvalue weighted by molar-refractivity contribution is 5.75. The minimum Gasteiger partial charge on any atom is -0.480 e. The Morgan fingerprint density at radius 2 is 2.00 bits per heavy atom. The van der Waals surface area contributed by atoms with Crippen LogP contribution in [0.15, 0.2) is 29.1 Å². The molecule has 1 aliphatic rings. The maximum atomic E-state index is 12.2. The van der Waals surface area contributed by atoms with Gasteiger partial charge in [-0.05, 0) is 31.9 Å². The van der Waals surface area contributed by atoms with Crippen LogP contribution in [-0.4, -0.2) is 44.7 Å². The van der Waals surface area contributed by atoms with Crippen LogP contribution in [0.4, 0.5) is 0 Å². The Bertz CT molecular complexity index is 710. The van der Waals surface area contributed by atoms with Crippen LogP contribution in [0.25, 0.3) is 11.0 Å². The van der Waals surface area contributed by atoms with Crippen molar-refractivity contribution in [3.8, 4) is 0 Å². The second-order valence-electron chi connectivity index (χ2n) is 5.60. The number of piperidine rings is 1. The van der Waals surface area contributed by atoms with Crippen LogP contribution in [0.5, 0.6) is 0 Å². The van der Waals surface area contributed by atoms with Gasteiger partial charge in [0.25, 0.3) is 0 Å². The number of carboxylic acids is 1. The van der Waals surface area contributed by atoms with E-state index in [4.69, 9.17) is 5.11 Å². The number of nitrogens with one attached hydrogen (secondary N) is 1. The molecule has 2 N–H and O–H groups in total. The van der Waals surface area contributed by atoms with E-state index in [1.54, 1.807) is 6.92 Å². The van der Waals surface area contributed by atoms with Crippen LogP contribution in [-0.2, 0) is 4.79 Å². The minimum atomic E-state index is -0.794. The van der Waals surface area contributed by atoms with Crippen LogP contribution in [0.3, 0.4) is 0 Å². The van der Waals surface area contributed by atoms with Crippen molar-refractivity contribution in [3.63, 3.8) is 0 Å². The molecule has 0 saturated carbocycles. The number of carboxylic acid groups (broad SMARTS) is 1. The number of hydrogen-bond donors (Lipinski definition) is 2. The molecule has 2 heterocycles. The number of aliphatic carboxylic acids is 1. The van der Waals surface area contributed by atoms with Crippen molar-refractivity contribution < 1.29 is 9.90 Å². The zero-order chi connectivity index (χ0) is 15.0. The number of aromatic amines is 1. The summed E-state index contributed by atoms with van der Waals surface area (Å²) < 4.78 is 1.82. The molecule has 1 aliphatic heterocycles. The van der Waals surface area contributed by atoms with Gasteiger partial charge in [0.2, 0.25) is 0 Å². The van der Waals surface area contributed by atoms with E-state index in [1.165, 1.54) is 0 Å². The third kappa shape index (κ3) is 2.47. The minimum absolute atomic E-state index is 0.0825. The second-order valence-corrected chi connectivity index (χ2v) is 5.60. The number of likely N-dealkylation sites (tertiary alicyclic amines) is 1. The lowest BCUT2D eigenvalue weighted by Crippen LogP contribution is -2.45. The van der Waals surface area contributed by atoms with Crippen molar-refractivity contribution in [1.82, 2.24) is 14.5 Å². The molecule has 1 aromatic heterocycles. The van der Waals surface area contributed by atoms with Gasteiger partial charge in [0.1, 0.15) is 6.04 Å². The predicted octanol–water partition coefficient (Wildman–Crippen LogP) is 1.44. The van der Waals surface area contributed by atoms with Crippen LogP contribution >= 0.6 is 0 Å². The number of fused-ring (bicyclic) bond motifs is 1. The number of rotatable bonds is 3. The Labute approximate surface area is 122 Å². The molecule has 0 spiro atoms. The van der Waals surface area contributed by atoms with E-state index in [0.29, 0.717) is 13.1 Å². The zero-order valence-corrected chi connectivity index (χ0v) is 12.0. The number of para-hydroxylation sites is 2. The first-order valence-corrected chi connectivity index (χ1v) is 7.24. The fraction of sp³-hybridized carbons (Fsp3) is 0.467. The molecule has 6 nitrogen and oxygen atoms in total. The van der Waals surface area contributed by atoms with Crippen LogP contribution in [0, 0.1) is 0 Å². The third-order valence-electron chi connectivity index (χ3n) is 4.39. The highest BCUT2D eigenvalue weighted by Gasteiger charge is 2.28. The summed E-state index contributed by atoms with van der Waals surface area (Å²) >= 11 is 0. The molecule has 3 rings (SSSR count). The largest absolute Gasteiger partial charge is 0.480 e. The average Bonchev–Trinajstić information content (AvgIpc) is 2.82. The highest BCUT2D eigenvalue weighted by Crippen LogP contribution is 2.25. The molecule has 0 aliphatic carbocycles. The van der Waals surface area contributed by atoms with Gasteiger partial charge in [0, 0.05) is 19.1 Å². The van der Waals surface area contributed by atoms with Crippen molar-refractivity contribution in [2.75, 3.05) is 13.1 Å². The standard InChI is InChI=1S/C15H19N3O3/c1-10(14(19)20)17-8-6-11(7-9-17)18-13-5-3-2-4-12(13)16-15(18)21/h2-5,10-11H,6-9H2,1H3,(H,16,21)(H,19,20). The Morgan fingerprint density at radius 1 is 1.33 bits per heavy atom. The average molecular weight is 289 g/mol. The number of hydrogen-bond acceptors (Lipinski definition) is 3. The van der Waals surface area contributed by atoms with E-state index in [1.807, 2.05) is 33.7 Å². The van der Waals surface area contributed by atoms with Crippen LogP contribution in [0.2, 0.25) is 0 Å². The molecular formula is C15H19N3O3. The summed E-state index contributed by atoms with van der Waals surface area (Å²) in [6.45, 7) is 3.11. The van der Waals surface area contributed by atoms with E-state index in [2.05, 4.69) is 4.98 Å². The first-order valence-electron chi connectivity index (χ1n) is 7.24. The van der Waals surface area contributed by atoms with Gasteiger partial charge in [0.05, 0.1) is 11.0 Å². The SMILES string of the molecule is CC(C(=O)O)N1CCC(n2c(=O)[nH]c3ccccc32)CC1. The fourth-order valence-corrected chi connectivity index (χ4v) is 3.12. The topological polar surface area (TPSA) is 78.3 Å². The summed E-state index contributed by atoms with van der Waals surface area (Å²) in [5.41, 5.74) is 1.69. The van der Waals surface area contributed by atoms with Gasteiger partial charge >= 0.3 is 11.7 Å². The lowest BCUT2D eigenvalue weighted by atomic mass is 10.0. The smallest absolute Gasteiger partial charge is 0.326 e. The van der Waals surface area contributed by atoms with Crippen LogP contribution in [0.1, 0.15) is 25.8 Å². The lowest BCUT2D eigenvalue weighted by Gasteiger charge is -2.34. The van der Waals surface area contributed by atoms with Crippen molar-refractivity contribution in [2.45, 2.75) is 31.8 Å². The zero-order valence-electron chi connectivity index (χ0n) is 12.0. The monoisotopic (exact) mass is 289 g/mol. The molecule has 1 unspecified atom stereocenters. The Kier molecular flexibility index (Phi) is 3.55. The van der Waals surface area contributed by atoms with E-state index < -0.39 is 12.0 Å². The summed E-state index contributed by atoms with van der Waals surface area (Å²) in [7, 11) is 0.